The van der Waals surface area contributed by atoms with Gasteiger partial charge in [0.2, 0.25) is 5.91 Å². The fourth-order valence-corrected chi connectivity index (χ4v) is 2.63. The molecule has 1 unspecified atom stereocenters. The van der Waals surface area contributed by atoms with E-state index in [0.717, 1.165) is 18.4 Å². The minimum atomic E-state index is -1.09. The second kappa shape index (κ2) is 5.40. The van der Waals surface area contributed by atoms with Gasteiger partial charge in [-0.1, -0.05) is 29.8 Å². The van der Waals surface area contributed by atoms with E-state index in [1.807, 2.05) is 18.2 Å². The van der Waals surface area contributed by atoms with E-state index in [2.05, 4.69) is 0 Å². The van der Waals surface area contributed by atoms with Crippen LogP contribution in [-0.2, 0) is 9.59 Å². The summed E-state index contributed by atoms with van der Waals surface area (Å²) < 4.78 is 0. The van der Waals surface area contributed by atoms with Gasteiger partial charge in [0.15, 0.2) is 0 Å². The minimum absolute atomic E-state index is 0.0921. The van der Waals surface area contributed by atoms with Crippen LogP contribution >= 0.6 is 11.6 Å². The first-order chi connectivity index (χ1) is 8.59. The molecule has 1 N–H and O–H groups in total. The van der Waals surface area contributed by atoms with E-state index in [1.54, 1.807) is 11.0 Å². The van der Waals surface area contributed by atoms with Gasteiger partial charge in [-0.05, 0) is 24.5 Å². The number of benzene rings is 1. The largest absolute Gasteiger partial charge is 0.481 e. The Balaban J connectivity index is 2.20. The van der Waals surface area contributed by atoms with Crippen molar-refractivity contribution in [2.24, 2.45) is 0 Å². The first-order valence-corrected chi connectivity index (χ1v) is 6.23. The highest BCUT2D eigenvalue weighted by Crippen LogP contribution is 2.35. The molecule has 18 heavy (non-hydrogen) atoms. The van der Waals surface area contributed by atoms with Crippen LogP contribution < -0.4 is 0 Å². The van der Waals surface area contributed by atoms with Crippen molar-refractivity contribution in [3.05, 3.63) is 34.9 Å². The van der Waals surface area contributed by atoms with Crippen LogP contribution in [0.15, 0.2) is 24.3 Å². The van der Waals surface area contributed by atoms with Crippen molar-refractivity contribution in [3.63, 3.8) is 0 Å². The Morgan fingerprint density at radius 3 is 2.78 bits per heavy atom. The first kappa shape index (κ1) is 12.9. The fourth-order valence-electron chi connectivity index (χ4n) is 2.36. The molecular formula is C13H14ClNO3. The van der Waals surface area contributed by atoms with E-state index >= 15 is 0 Å². The van der Waals surface area contributed by atoms with Crippen LogP contribution in [-0.4, -0.2) is 28.4 Å². The molecule has 0 saturated carbocycles. The molecule has 1 amide bonds. The van der Waals surface area contributed by atoms with E-state index in [-0.39, 0.29) is 11.9 Å². The van der Waals surface area contributed by atoms with E-state index in [0.29, 0.717) is 11.6 Å². The Kier molecular flexibility index (Phi) is 3.87. The number of carbonyl (C=O) groups excluding carboxylic acids is 1. The molecule has 0 radical (unpaired) electrons. The van der Waals surface area contributed by atoms with Crippen LogP contribution in [0, 0.1) is 0 Å². The molecule has 0 aliphatic carbocycles. The summed E-state index contributed by atoms with van der Waals surface area (Å²) in [4.78, 5) is 24.1. The number of amides is 1. The number of hydrogen-bond donors (Lipinski definition) is 1. The van der Waals surface area contributed by atoms with E-state index in [4.69, 9.17) is 16.7 Å². The summed E-state index contributed by atoms with van der Waals surface area (Å²) in [7, 11) is 0. The minimum Gasteiger partial charge on any atom is -0.481 e. The lowest BCUT2D eigenvalue weighted by Gasteiger charge is -2.25. The third-order valence-corrected chi connectivity index (χ3v) is 3.48. The normalized spacial score (nSPS) is 18.9. The molecule has 5 heteroatoms. The molecular weight excluding hydrogens is 254 g/mol. The van der Waals surface area contributed by atoms with Crippen molar-refractivity contribution in [1.29, 1.82) is 0 Å². The summed E-state index contributed by atoms with van der Waals surface area (Å²) >= 11 is 6.13. The molecule has 1 saturated heterocycles. The van der Waals surface area contributed by atoms with Gasteiger partial charge in [-0.25, -0.2) is 0 Å². The number of carboxylic acid groups (broad SMARTS) is 1. The average molecular weight is 268 g/mol. The van der Waals surface area contributed by atoms with Crippen LogP contribution in [0.1, 0.15) is 30.9 Å². The molecule has 1 aromatic rings. The molecule has 96 valence electrons. The molecule has 1 heterocycles. The molecule has 0 spiro atoms. The lowest BCUT2D eigenvalue weighted by molar-refractivity contribution is -0.144. The Hall–Kier alpha value is -1.55. The van der Waals surface area contributed by atoms with Gasteiger partial charge >= 0.3 is 5.97 Å². The summed E-state index contributed by atoms with van der Waals surface area (Å²) in [6.45, 7) is 0.599. The summed E-state index contributed by atoms with van der Waals surface area (Å²) in [5, 5.41) is 9.30. The monoisotopic (exact) mass is 267 g/mol. The van der Waals surface area contributed by atoms with E-state index in [1.165, 1.54) is 0 Å². The molecule has 1 aromatic carbocycles. The first-order valence-electron chi connectivity index (χ1n) is 5.85. The highest BCUT2D eigenvalue weighted by Gasteiger charge is 2.31. The van der Waals surface area contributed by atoms with Gasteiger partial charge in [-0.3, -0.25) is 9.59 Å². The van der Waals surface area contributed by atoms with Gasteiger partial charge in [0.25, 0.3) is 0 Å². The summed E-state index contributed by atoms with van der Waals surface area (Å²) in [5.41, 5.74) is 0.899. The summed E-state index contributed by atoms with van der Waals surface area (Å²) in [5.74, 6) is -1.44. The second-order valence-corrected chi connectivity index (χ2v) is 4.74. The lowest BCUT2D eigenvalue weighted by atomic mass is 10.0. The predicted molar refractivity (Wildman–Crippen MR) is 67.4 cm³/mol. The number of halogens is 1. The van der Waals surface area contributed by atoms with Crippen LogP contribution in [0.5, 0.6) is 0 Å². The zero-order valence-electron chi connectivity index (χ0n) is 9.80. The smallest absolute Gasteiger partial charge is 0.312 e. The molecule has 0 bridgehead atoms. The van der Waals surface area contributed by atoms with Gasteiger partial charge in [0.05, 0.1) is 6.04 Å². The Morgan fingerprint density at radius 2 is 2.11 bits per heavy atom. The van der Waals surface area contributed by atoms with Crippen molar-refractivity contribution < 1.29 is 14.7 Å². The van der Waals surface area contributed by atoms with Crippen molar-refractivity contribution in [2.75, 3.05) is 6.54 Å². The van der Waals surface area contributed by atoms with Crippen molar-refractivity contribution in [3.8, 4) is 0 Å². The number of rotatable bonds is 3. The van der Waals surface area contributed by atoms with Crippen LogP contribution in [0.4, 0.5) is 0 Å². The van der Waals surface area contributed by atoms with Gasteiger partial charge in [-0.2, -0.15) is 0 Å². The lowest BCUT2D eigenvalue weighted by Crippen LogP contribution is -2.32. The number of carboxylic acids is 1. The zero-order valence-corrected chi connectivity index (χ0v) is 10.6. The standard InChI is InChI=1S/C13H14ClNO3/c14-10-5-2-1-4-9(10)11-6-3-7-15(11)12(16)8-13(17)18/h1-2,4-5,11H,3,6-8H2,(H,17,18). The Labute approximate surface area is 110 Å². The van der Waals surface area contributed by atoms with E-state index in [9.17, 15) is 9.59 Å². The predicted octanol–water partition coefficient (Wildman–Crippen LogP) is 2.48. The average Bonchev–Trinajstić information content (AvgIpc) is 2.77. The van der Waals surface area contributed by atoms with Crippen LogP contribution in [0.25, 0.3) is 0 Å². The summed E-state index contributed by atoms with van der Waals surface area (Å²) in [6, 6.07) is 7.29. The van der Waals surface area contributed by atoms with Crippen molar-refractivity contribution in [2.45, 2.75) is 25.3 Å². The highest BCUT2D eigenvalue weighted by atomic mass is 35.5. The van der Waals surface area contributed by atoms with Crippen molar-refractivity contribution in [1.82, 2.24) is 4.90 Å². The molecule has 1 fully saturated rings. The SMILES string of the molecule is O=C(O)CC(=O)N1CCCC1c1ccccc1Cl. The molecule has 1 atom stereocenters. The number of aliphatic carboxylic acids is 1. The van der Waals surface area contributed by atoms with Gasteiger partial charge in [0.1, 0.15) is 6.42 Å². The zero-order chi connectivity index (χ0) is 13.1. The molecule has 1 aliphatic rings. The Morgan fingerprint density at radius 1 is 1.39 bits per heavy atom. The quantitative estimate of drug-likeness (QED) is 0.856. The molecule has 0 aromatic heterocycles. The third kappa shape index (κ3) is 2.64. The molecule has 1 aliphatic heterocycles. The van der Waals surface area contributed by atoms with E-state index < -0.39 is 12.4 Å². The van der Waals surface area contributed by atoms with Crippen LogP contribution in [0.2, 0.25) is 5.02 Å². The third-order valence-electron chi connectivity index (χ3n) is 3.14. The number of nitrogens with zero attached hydrogens (tertiary/aromatic N) is 1. The number of hydrogen-bond acceptors (Lipinski definition) is 2. The number of carbonyl (C=O) groups is 2. The maximum Gasteiger partial charge on any atom is 0.312 e. The Bertz CT molecular complexity index is 475. The second-order valence-electron chi connectivity index (χ2n) is 4.34. The highest BCUT2D eigenvalue weighted by molar-refractivity contribution is 6.31. The van der Waals surface area contributed by atoms with Gasteiger partial charge < -0.3 is 10.0 Å². The maximum atomic E-state index is 11.9. The van der Waals surface area contributed by atoms with Crippen LogP contribution in [0.3, 0.4) is 0 Å². The fraction of sp³-hybridized carbons (Fsp3) is 0.385. The number of likely N-dealkylation sites (tertiary alicyclic amines) is 1. The summed E-state index contributed by atoms with van der Waals surface area (Å²) in [6.07, 6.45) is 1.25. The molecule has 2 rings (SSSR count). The van der Waals surface area contributed by atoms with Crippen molar-refractivity contribution >= 4 is 23.5 Å². The topological polar surface area (TPSA) is 57.6 Å². The van der Waals surface area contributed by atoms with Gasteiger partial charge in [-0.15, -0.1) is 0 Å². The maximum absolute atomic E-state index is 11.9. The molecule has 4 nitrogen and oxygen atoms in total. The van der Waals surface area contributed by atoms with Gasteiger partial charge in [0, 0.05) is 11.6 Å².